The Morgan fingerprint density at radius 3 is 2.88 bits per heavy atom. The molecule has 7 nitrogen and oxygen atoms in total. The molecule has 0 aliphatic rings. The fourth-order valence-electron chi connectivity index (χ4n) is 2.42. The van der Waals surface area contributed by atoms with Crippen LogP contribution in [-0.2, 0) is 0 Å². The summed E-state index contributed by atoms with van der Waals surface area (Å²) < 4.78 is 5.19. The average molecular weight is 337 g/mol. The molecule has 2 amide bonds. The summed E-state index contributed by atoms with van der Waals surface area (Å²) in [6.45, 7) is 2.42. The third-order valence-electron chi connectivity index (χ3n) is 3.57. The van der Waals surface area contributed by atoms with Gasteiger partial charge in [-0.2, -0.15) is 0 Å². The van der Waals surface area contributed by atoms with E-state index in [-0.39, 0.29) is 6.03 Å². The molecule has 0 unspecified atom stereocenters. The summed E-state index contributed by atoms with van der Waals surface area (Å²) in [5.74, 6) is 1.18. The highest BCUT2D eigenvalue weighted by Crippen LogP contribution is 2.28. The third kappa shape index (κ3) is 3.95. The van der Waals surface area contributed by atoms with Crippen LogP contribution in [0.4, 0.5) is 22.0 Å². The smallest absolute Gasteiger partial charge is 0.320 e. The van der Waals surface area contributed by atoms with Crippen LogP contribution in [0, 0.1) is 0 Å². The zero-order valence-corrected chi connectivity index (χ0v) is 14.0. The van der Waals surface area contributed by atoms with E-state index in [4.69, 9.17) is 4.74 Å². The molecule has 2 aromatic heterocycles. The number of nitrogens with zero attached hydrogens (tertiary/aromatic N) is 2. The van der Waals surface area contributed by atoms with Gasteiger partial charge < -0.3 is 15.4 Å². The molecule has 0 aliphatic carbocycles. The Balaban J connectivity index is 1.88. The number of carbonyl (C=O) groups excluding carboxylic acids is 1. The molecule has 0 atom stereocenters. The molecule has 25 heavy (non-hydrogen) atoms. The minimum Gasteiger partial charge on any atom is -0.495 e. The van der Waals surface area contributed by atoms with E-state index in [0.717, 1.165) is 22.1 Å². The van der Waals surface area contributed by atoms with Crippen LogP contribution in [-0.4, -0.2) is 29.7 Å². The number of rotatable bonds is 5. The molecule has 1 aromatic carbocycles. The minimum atomic E-state index is -0.272. The van der Waals surface area contributed by atoms with Gasteiger partial charge in [0.05, 0.1) is 25.2 Å². The fourth-order valence-corrected chi connectivity index (χ4v) is 2.42. The second-order valence-electron chi connectivity index (χ2n) is 5.32. The van der Waals surface area contributed by atoms with E-state index in [1.54, 1.807) is 25.7 Å². The fraction of sp³-hybridized carbons (Fsp3) is 0.167. The van der Waals surface area contributed by atoms with E-state index in [2.05, 4.69) is 25.9 Å². The summed E-state index contributed by atoms with van der Waals surface area (Å²) in [7, 11) is 1.60. The molecule has 0 saturated carbocycles. The number of amides is 2. The number of fused-ring (bicyclic) bond motifs is 1. The Bertz CT molecular complexity index is 898. The predicted octanol–water partition coefficient (Wildman–Crippen LogP) is 3.52. The molecule has 0 radical (unpaired) electrons. The zero-order chi connectivity index (χ0) is 17.6. The maximum atomic E-state index is 11.6. The number of benzene rings is 1. The Hall–Kier alpha value is -3.35. The average Bonchev–Trinajstić information content (AvgIpc) is 2.62. The molecule has 0 fully saturated rings. The molecular formula is C18H19N5O2. The zero-order valence-electron chi connectivity index (χ0n) is 14.0. The Morgan fingerprint density at radius 1 is 1.20 bits per heavy atom. The second-order valence-corrected chi connectivity index (χ2v) is 5.32. The van der Waals surface area contributed by atoms with Gasteiger partial charge in [0.15, 0.2) is 0 Å². The molecule has 0 bridgehead atoms. The summed E-state index contributed by atoms with van der Waals surface area (Å²) in [6.07, 6.45) is 5.10. The van der Waals surface area contributed by atoms with Gasteiger partial charge in [0.25, 0.3) is 0 Å². The van der Waals surface area contributed by atoms with Crippen LogP contribution < -0.4 is 20.7 Å². The Labute approximate surface area is 145 Å². The number of anilines is 3. The molecule has 3 aromatic rings. The maximum Gasteiger partial charge on any atom is 0.320 e. The van der Waals surface area contributed by atoms with Gasteiger partial charge in [-0.25, -0.2) is 9.78 Å². The second kappa shape index (κ2) is 7.48. The number of pyridine rings is 2. The number of aromatic nitrogens is 2. The molecule has 3 N–H and O–H groups in total. The summed E-state index contributed by atoms with van der Waals surface area (Å²) in [4.78, 5) is 20.1. The predicted molar refractivity (Wildman–Crippen MR) is 98.5 cm³/mol. The van der Waals surface area contributed by atoms with E-state index >= 15 is 0 Å². The molecule has 0 saturated heterocycles. The van der Waals surface area contributed by atoms with Gasteiger partial charge >= 0.3 is 6.03 Å². The SMILES string of the molecule is CCNC(=O)Nc1cc2cccc(Nc3cncc(OC)c3)c2cn1. The molecule has 0 aliphatic heterocycles. The van der Waals surface area contributed by atoms with E-state index in [0.29, 0.717) is 18.1 Å². The van der Waals surface area contributed by atoms with Crippen molar-refractivity contribution >= 4 is 34.0 Å². The van der Waals surface area contributed by atoms with E-state index in [1.165, 1.54) is 0 Å². The molecule has 7 heteroatoms. The maximum absolute atomic E-state index is 11.6. The van der Waals surface area contributed by atoms with Gasteiger partial charge in [0, 0.05) is 29.9 Å². The first kappa shape index (κ1) is 16.5. The van der Waals surface area contributed by atoms with Crippen molar-refractivity contribution in [3.63, 3.8) is 0 Å². The van der Waals surface area contributed by atoms with E-state index < -0.39 is 0 Å². The Kier molecular flexibility index (Phi) is 4.94. The van der Waals surface area contributed by atoms with Crippen LogP contribution in [0.1, 0.15) is 6.92 Å². The van der Waals surface area contributed by atoms with Crippen LogP contribution >= 0.6 is 0 Å². The van der Waals surface area contributed by atoms with Crippen LogP contribution in [0.3, 0.4) is 0 Å². The molecule has 0 spiro atoms. The van der Waals surface area contributed by atoms with Crippen molar-refractivity contribution in [3.05, 3.63) is 48.9 Å². The number of methoxy groups -OCH3 is 1. The first-order valence-corrected chi connectivity index (χ1v) is 7.89. The van der Waals surface area contributed by atoms with Crippen molar-refractivity contribution < 1.29 is 9.53 Å². The first-order chi connectivity index (χ1) is 12.2. The van der Waals surface area contributed by atoms with Crippen LogP contribution in [0.25, 0.3) is 10.8 Å². The number of urea groups is 1. The largest absolute Gasteiger partial charge is 0.495 e. The topological polar surface area (TPSA) is 88.2 Å². The van der Waals surface area contributed by atoms with Crippen LogP contribution in [0.15, 0.2) is 48.9 Å². The number of carbonyl (C=O) groups is 1. The number of ether oxygens (including phenoxy) is 1. The van der Waals surface area contributed by atoms with Gasteiger partial charge in [0.2, 0.25) is 0 Å². The van der Waals surface area contributed by atoms with Crippen molar-refractivity contribution in [2.24, 2.45) is 0 Å². The molecule has 2 heterocycles. The standard InChI is InChI=1S/C18H19N5O2/c1-3-20-18(24)23-17-7-12-5-4-6-16(15(12)11-21-17)22-13-8-14(25-2)10-19-9-13/h4-11,22H,3H2,1-2H3,(H2,20,21,23,24). The van der Waals surface area contributed by atoms with Crippen molar-refractivity contribution in [1.29, 1.82) is 0 Å². The molecule has 128 valence electrons. The summed E-state index contributed by atoms with van der Waals surface area (Å²) in [6, 6.07) is 9.29. The molecule has 3 rings (SSSR count). The highest BCUT2D eigenvalue weighted by atomic mass is 16.5. The van der Waals surface area contributed by atoms with Gasteiger partial charge in [-0.05, 0) is 24.4 Å². The highest BCUT2D eigenvalue weighted by Gasteiger charge is 2.06. The van der Waals surface area contributed by atoms with E-state index in [9.17, 15) is 4.79 Å². The summed E-state index contributed by atoms with van der Waals surface area (Å²) in [5.41, 5.74) is 1.71. The summed E-state index contributed by atoms with van der Waals surface area (Å²) >= 11 is 0. The highest BCUT2D eigenvalue weighted by molar-refractivity contribution is 5.97. The number of nitrogens with one attached hydrogen (secondary N) is 3. The first-order valence-electron chi connectivity index (χ1n) is 7.89. The third-order valence-corrected chi connectivity index (χ3v) is 3.57. The number of hydrogen-bond acceptors (Lipinski definition) is 5. The van der Waals surface area contributed by atoms with E-state index in [1.807, 2.05) is 37.3 Å². The number of hydrogen-bond donors (Lipinski definition) is 3. The lowest BCUT2D eigenvalue weighted by molar-refractivity contribution is 0.252. The normalized spacial score (nSPS) is 10.3. The van der Waals surface area contributed by atoms with Gasteiger partial charge in [-0.3, -0.25) is 10.3 Å². The van der Waals surface area contributed by atoms with Crippen molar-refractivity contribution in [2.45, 2.75) is 6.92 Å². The monoisotopic (exact) mass is 337 g/mol. The Morgan fingerprint density at radius 2 is 2.08 bits per heavy atom. The quantitative estimate of drug-likeness (QED) is 0.663. The van der Waals surface area contributed by atoms with Gasteiger partial charge in [-0.15, -0.1) is 0 Å². The van der Waals surface area contributed by atoms with Crippen LogP contribution in [0.2, 0.25) is 0 Å². The van der Waals surface area contributed by atoms with Crippen molar-refractivity contribution in [3.8, 4) is 5.75 Å². The van der Waals surface area contributed by atoms with Crippen molar-refractivity contribution in [1.82, 2.24) is 15.3 Å². The lowest BCUT2D eigenvalue weighted by Crippen LogP contribution is -2.28. The molecular weight excluding hydrogens is 318 g/mol. The van der Waals surface area contributed by atoms with Gasteiger partial charge in [-0.1, -0.05) is 12.1 Å². The minimum absolute atomic E-state index is 0.272. The summed E-state index contributed by atoms with van der Waals surface area (Å²) in [5, 5.41) is 10.6. The van der Waals surface area contributed by atoms with Crippen LogP contribution in [0.5, 0.6) is 5.75 Å². The lowest BCUT2D eigenvalue weighted by atomic mass is 10.1. The lowest BCUT2D eigenvalue weighted by Gasteiger charge is -2.11. The van der Waals surface area contributed by atoms with Crippen molar-refractivity contribution in [2.75, 3.05) is 24.3 Å². The van der Waals surface area contributed by atoms with Gasteiger partial charge in [0.1, 0.15) is 11.6 Å².